The molecule has 2 N–H and O–H groups in total. The van der Waals surface area contributed by atoms with Crippen molar-refractivity contribution < 1.29 is 9.53 Å². The van der Waals surface area contributed by atoms with Crippen LogP contribution in [-0.4, -0.2) is 60.7 Å². The second-order valence-corrected chi connectivity index (χ2v) is 9.82. The molecule has 4 aliphatic heterocycles. The molecular formula is C24H30N4O2S. The number of morpholine rings is 1. The zero-order valence-electron chi connectivity index (χ0n) is 17.9. The van der Waals surface area contributed by atoms with Crippen molar-refractivity contribution in [3.63, 3.8) is 0 Å². The van der Waals surface area contributed by atoms with Crippen molar-refractivity contribution in [3.8, 4) is 0 Å². The molecule has 0 radical (unpaired) electrons. The summed E-state index contributed by atoms with van der Waals surface area (Å²) in [6.45, 7) is 6.81. The van der Waals surface area contributed by atoms with Crippen LogP contribution in [0.4, 0.5) is 0 Å². The Hall–Kier alpha value is -1.93. The van der Waals surface area contributed by atoms with Gasteiger partial charge in [-0.3, -0.25) is 14.7 Å². The summed E-state index contributed by atoms with van der Waals surface area (Å²) in [4.78, 5) is 22.2. The summed E-state index contributed by atoms with van der Waals surface area (Å²) >= 11 is 1.68. The number of nitrogens with one attached hydrogen (secondary N) is 2. The normalized spacial score (nSPS) is 30.2. The van der Waals surface area contributed by atoms with Crippen LogP contribution in [0.15, 0.2) is 52.4 Å². The maximum absolute atomic E-state index is 12.9. The van der Waals surface area contributed by atoms with E-state index >= 15 is 0 Å². The van der Waals surface area contributed by atoms with Gasteiger partial charge in [-0.2, -0.15) is 0 Å². The number of carbonyl (C=O) groups excluding carboxylic acids is 1. The first-order valence-corrected chi connectivity index (χ1v) is 12.1. The molecule has 6 rings (SSSR count). The van der Waals surface area contributed by atoms with Crippen LogP contribution in [0.25, 0.3) is 0 Å². The molecule has 164 valence electrons. The van der Waals surface area contributed by atoms with Gasteiger partial charge in [0.15, 0.2) is 0 Å². The molecule has 0 aliphatic carbocycles. The predicted molar refractivity (Wildman–Crippen MR) is 121 cm³/mol. The topological polar surface area (TPSA) is 66.5 Å². The number of ether oxygens (including phenoxy) is 1. The summed E-state index contributed by atoms with van der Waals surface area (Å²) in [7, 11) is 0. The average Bonchev–Trinajstić information content (AvgIpc) is 2.83. The highest BCUT2D eigenvalue weighted by Gasteiger charge is 2.40. The van der Waals surface area contributed by atoms with E-state index in [4.69, 9.17) is 4.74 Å². The van der Waals surface area contributed by atoms with Crippen molar-refractivity contribution in [1.29, 1.82) is 0 Å². The molecule has 1 unspecified atom stereocenters. The molecule has 31 heavy (non-hydrogen) atoms. The van der Waals surface area contributed by atoms with Gasteiger partial charge in [0.25, 0.3) is 5.91 Å². The molecule has 0 saturated carbocycles. The number of nitrogens with zero attached hydrogens (tertiary/aromatic N) is 2. The van der Waals surface area contributed by atoms with Crippen molar-refractivity contribution in [1.82, 2.24) is 20.5 Å². The molecule has 1 aromatic heterocycles. The monoisotopic (exact) mass is 438 g/mol. The van der Waals surface area contributed by atoms with Gasteiger partial charge in [0.2, 0.25) is 0 Å². The lowest BCUT2D eigenvalue weighted by atomic mass is 9.79. The van der Waals surface area contributed by atoms with Crippen LogP contribution in [0.5, 0.6) is 0 Å². The van der Waals surface area contributed by atoms with Crippen LogP contribution >= 0.6 is 11.8 Å². The molecule has 3 atom stereocenters. The molecule has 6 nitrogen and oxygen atoms in total. The van der Waals surface area contributed by atoms with Crippen LogP contribution in [0.3, 0.4) is 0 Å². The van der Waals surface area contributed by atoms with E-state index in [-0.39, 0.29) is 18.0 Å². The van der Waals surface area contributed by atoms with Crippen molar-refractivity contribution in [2.24, 2.45) is 5.92 Å². The van der Waals surface area contributed by atoms with E-state index in [0.717, 1.165) is 34.2 Å². The summed E-state index contributed by atoms with van der Waals surface area (Å²) in [6.07, 6.45) is 4.22. The predicted octanol–water partition coefficient (Wildman–Crippen LogP) is 3.11. The molecule has 2 aromatic rings. The summed E-state index contributed by atoms with van der Waals surface area (Å²) < 4.78 is 5.61. The van der Waals surface area contributed by atoms with Crippen LogP contribution in [0.1, 0.15) is 41.9 Å². The van der Waals surface area contributed by atoms with E-state index in [0.29, 0.717) is 18.6 Å². The quantitative estimate of drug-likeness (QED) is 0.748. The number of hydrogen-bond donors (Lipinski definition) is 2. The number of amides is 1. The Balaban J connectivity index is 1.25. The fourth-order valence-electron chi connectivity index (χ4n) is 5.07. The number of fused-ring (bicyclic) bond motifs is 3. The number of aromatic nitrogens is 1. The first kappa shape index (κ1) is 20.9. The van der Waals surface area contributed by atoms with Gasteiger partial charge >= 0.3 is 0 Å². The number of piperidine rings is 3. The van der Waals surface area contributed by atoms with E-state index in [1.54, 1.807) is 11.8 Å². The molecule has 5 heterocycles. The average molecular weight is 439 g/mol. The molecule has 4 saturated heterocycles. The Morgan fingerprint density at radius 3 is 2.74 bits per heavy atom. The molecular weight excluding hydrogens is 408 g/mol. The summed E-state index contributed by atoms with van der Waals surface area (Å²) in [5, 5.41) is 6.80. The second-order valence-electron chi connectivity index (χ2n) is 8.71. The number of hydrogen-bond acceptors (Lipinski definition) is 6. The van der Waals surface area contributed by atoms with Crippen LogP contribution in [0, 0.1) is 5.92 Å². The highest BCUT2D eigenvalue weighted by atomic mass is 32.2. The van der Waals surface area contributed by atoms with Gasteiger partial charge in [-0.05, 0) is 75.2 Å². The maximum Gasteiger partial charge on any atom is 0.251 e. The lowest BCUT2D eigenvalue weighted by Crippen LogP contribution is -2.62. The summed E-state index contributed by atoms with van der Waals surface area (Å²) in [5.74, 6) is 0.646. The minimum atomic E-state index is 0.0350. The van der Waals surface area contributed by atoms with Crippen molar-refractivity contribution >= 4 is 17.7 Å². The molecule has 7 heteroatoms. The minimum absolute atomic E-state index is 0.0350. The van der Waals surface area contributed by atoms with Gasteiger partial charge in [0.05, 0.1) is 24.9 Å². The maximum atomic E-state index is 12.9. The number of rotatable bonds is 5. The Labute approximate surface area is 188 Å². The lowest BCUT2D eigenvalue weighted by Gasteiger charge is -2.49. The minimum Gasteiger partial charge on any atom is -0.378 e. The Morgan fingerprint density at radius 1 is 1.23 bits per heavy atom. The molecule has 1 aromatic carbocycles. The molecule has 1 amide bonds. The van der Waals surface area contributed by atoms with Gasteiger partial charge in [-0.25, -0.2) is 0 Å². The van der Waals surface area contributed by atoms with Gasteiger partial charge in [0.1, 0.15) is 0 Å². The van der Waals surface area contributed by atoms with E-state index in [1.807, 2.05) is 36.5 Å². The van der Waals surface area contributed by atoms with Gasteiger partial charge in [-0.1, -0.05) is 11.8 Å². The first-order valence-electron chi connectivity index (χ1n) is 11.3. The van der Waals surface area contributed by atoms with E-state index in [2.05, 4.69) is 33.5 Å². The Bertz CT molecular complexity index is 906. The molecule has 2 bridgehead atoms. The van der Waals surface area contributed by atoms with Crippen LogP contribution in [0.2, 0.25) is 0 Å². The SMILES string of the molecule is C[C@H]1[C@H](NC(=O)c2ccc(Sc3cccnc3C3COCCN3)cc2)C2CCN1CC2. The molecule has 4 aliphatic rings. The number of carbonyl (C=O) groups is 1. The van der Waals surface area contributed by atoms with Crippen molar-refractivity contribution in [3.05, 3.63) is 53.9 Å². The Kier molecular flexibility index (Phi) is 6.27. The third-order valence-electron chi connectivity index (χ3n) is 6.87. The molecule has 0 spiro atoms. The van der Waals surface area contributed by atoms with Crippen molar-refractivity contribution in [2.75, 3.05) is 32.8 Å². The number of benzene rings is 1. The lowest BCUT2D eigenvalue weighted by molar-refractivity contribution is 0.0217. The van der Waals surface area contributed by atoms with Crippen LogP contribution in [-0.2, 0) is 4.74 Å². The van der Waals surface area contributed by atoms with Crippen LogP contribution < -0.4 is 10.6 Å². The van der Waals surface area contributed by atoms with E-state index < -0.39 is 0 Å². The zero-order valence-corrected chi connectivity index (χ0v) is 18.7. The van der Waals surface area contributed by atoms with Gasteiger partial charge < -0.3 is 15.4 Å². The highest BCUT2D eigenvalue weighted by Crippen LogP contribution is 2.34. The summed E-state index contributed by atoms with van der Waals surface area (Å²) in [6, 6.07) is 12.8. The van der Waals surface area contributed by atoms with Crippen molar-refractivity contribution in [2.45, 2.75) is 47.7 Å². The van der Waals surface area contributed by atoms with E-state index in [1.165, 1.54) is 25.9 Å². The third-order valence-corrected chi connectivity index (χ3v) is 7.94. The molecule has 4 fully saturated rings. The fourth-order valence-corrected chi connectivity index (χ4v) is 6.05. The zero-order chi connectivity index (χ0) is 21.2. The first-order chi connectivity index (χ1) is 15.2. The fraction of sp³-hybridized carbons (Fsp3) is 0.500. The largest absolute Gasteiger partial charge is 0.378 e. The Morgan fingerprint density at radius 2 is 2.03 bits per heavy atom. The van der Waals surface area contributed by atoms with E-state index in [9.17, 15) is 4.79 Å². The highest BCUT2D eigenvalue weighted by molar-refractivity contribution is 7.99. The van der Waals surface area contributed by atoms with Gasteiger partial charge in [-0.15, -0.1) is 0 Å². The standard InChI is InChI=1S/C24H30N4O2S/c1-16-22(17-8-12-28(16)13-9-17)27-24(29)18-4-6-19(7-5-18)31-21-3-2-10-26-23(21)20-15-30-14-11-25-20/h2-7,10,16-17,20,22,25H,8-9,11-15H2,1H3,(H,27,29)/t16-,20?,22-/m0/s1. The summed E-state index contributed by atoms with van der Waals surface area (Å²) in [5.41, 5.74) is 1.74. The third kappa shape index (κ3) is 4.51. The smallest absolute Gasteiger partial charge is 0.251 e. The second kappa shape index (κ2) is 9.28. The van der Waals surface area contributed by atoms with Gasteiger partial charge in [0, 0.05) is 40.2 Å². The number of pyridine rings is 1.